The number of halogens is 1. The first-order valence-electron chi connectivity index (χ1n) is 5.93. The zero-order chi connectivity index (χ0) is 13.5. The second-order valence-corrected chi connectivity index (χ2v) is 4.43. The number of carbonyl (C=O) groups excluding carboxylic acids is 1. The summed E-state index contributed by atoms with van der Waals surface area (Å²) >= 11 is 6.00. The van der Waals surface area contributed by atoms with E-state index in [1.807, 2.05) is 6.92 Å². The van der Waals surface area contributed by atoms with Gasteiger partial charge >= 0.3 is 0 Å². The number of ether oxygens (including phenoxy) is 1. The molecule has 4 nitrogen and oxygen atoms in total. The predicted octanol–water partition coefficient (Wildman–Crippen LogP) is 2.60. The zero-order valence-electron chi connectivity index (χ0n) is 11.0. The van der Waals surface area contributed by atoms with Crippen LogP contribution in [0.25, 0.3) is 0 Å². The molecule has 0 spiro atoms. The van der Waals surface area contributed by atoms with Crippen molar-refractivity contribution < 1.29 is 9.53 Å². The average Bonchev–Trinajstić information content (AvgIpc) is 2.34. The number of anilines is 1. The Bertz CT molecular complexity index is 422. The van der Waals surface area contributed by atoms with Crippen molar-refractivity contribution in [1.29, 1.82) is 0 Å². The van der Waals surface area contributed by atoms with Crippen molar-refractivity contribution in [1.82, 2.24) is 5.32 Å². The van der Waals surface area contributed by atoms with Crippen LogP contribution in [0.1, 0.15) is 18.9 Å². The Morgan fingerprint density at radius 2 is 2.17 bits per heavy atom. The van der Waals surface area contributed by atoms with Crippen molar-refractivity contribution in [2.45, 2.75) is 20.3 Å². The molecule has 0 heterocycles. The third-order valence-corrected chi connectivity index (χ3v) is 2.87. The van der Waals surface area contributed by atoms with Gasteiger partial charge in [0.2, 0.25) is 5.91 Å². The van der Waals surface area contributed by atoms with Crippen LogP contribution in [-0.2, 0) is 4.79 Å². The van der Waals surface area contributed by atoms with Crippen LogP contribution in [0.15, 0.2) is 12.1 Å². The van der Waals surface area contributed by atoms with Crippen LogP contribution in [0.5, 0.6) is 5.75 Å². The summed E-state index contributed by atoms with van der Waals surface area (Å²) < 4.78 is 5.19. The summed E-state index contributed by atoms with van der Waals surface area (Å²) in [6.45, 7) is 5.05. The van der Waals surface area contributed by atoms with Crippen LogP contribution >= 0.6 is 11.6 Å². The van der Waals surface area contributed by atoms with E-state index in [1.165, 1.54) is 0 Å². The van der Waals surface area contributed by atoms with Crippen molar-refractivity contribution in [3.8, 4) is 5.75 Å². The van der Waals surface area contributed by atoms with Crippen molar-refractivity contribution in [3.05, 3.63) is 22.7 Å². The van der Waals surface area contributed by atoms with Gasteiger partial charge in [-0.05, 0) is 31.5 Å². The molecule has 0 unspecified atom stereocenters. The number of hydrogen-bond donors (Lipinski definition) is 2. The van der Waals surface area contributed by atoms with Crippen LogP contribution in [0.4, 0.5) is 5.69 Å². The predicted molar refractivity (Wildman–Crippen MR) is 74.5 cm³/mol. The molecule has 100 valence electrons. The van der Waals surface area contributed by atoms with Crippen LogP contribution in [0, 0.1) is 6.92 Å². The maximum absolute atomic E-state index is 11.7. The molecule has 0 saturated carbocycles. The number of benzene rings is 1. The number of aryl methyl sites for hydroxylation is 1. The van der Waals surface area contributed by atoms with Gasteiger partial charge in [-0.2, -0.15) is 0 Å². The van der Waals surface area contributed by atoms with Crippen LogP contribution in [0.2, 0.25) is 5.02 Å². The van der Waals surface area contributed by atoms with Crippen molar-refractivity contribution in [2.24, 2.45) is 0 Å². The standard InChI is InChI=1S/C13H19ClN2O2/c1-4-5-15-8-13(17)16-11-6-9(2)10(14)7-12(11)18-3/h6-7,15H,4-5,8H2,1-3H3,(H,16,17). The molecule has 0 radical (unpaired) electrons. The number of carbonyl (C=O) groups is 1. The lowest BCUT2D eigenvalue weighted by molar-refractivity contribution is -0.115. The minimum absolute atomic E-state index is 0.0940. The van der Waals surface area contributed by atoms with E-state index in [0.29, 0.717) is 23.0 Å². The summed E-state index contributed by atoms with van der Waals surface area (Å²) in [7, 11) is 1.55. The van der Waals surface area contributed by atoms with E-state index < -0.39 is 0 Å². The Labute approximate surface area is 113 Å². The van der Waals surface area contributed by atoms with Gasteiger partial charge in [0.05, 0.1) is 19.3 Å². The Morgan fingerprint density at radius 3 is 2.78 bits per heavy atom. The second-order valence-electron chi connectivity index (χ2n) is 4.03. The van der Waals surface area contributed by atoms with Gasteiger partial charge < -0.3 is 15.4 Å². The Balaban J connectivity index is 2.71. The topological polar surface area (TPSA) is 50.4 Å². The third-order valence-electron chi connectivity index (χ3n) is 2.47. The SMILES string of the molecule is CCCNCC(=O)Nc1cc(C)c(Cl)cc1OC. The number of nitrogens with one attached hydrogen (secondary N) is 2. The van der Waals surface area contributed by atoms with E-state index >= 15 is 0 Å². The number of methoxy groups -OCH3 is 1. The molecule has 1 aromatic rings. The number of amides is 1. The van der Waals surface area contributed by atoms with Gasteiger partial charge in [0, 0.05) is 11.1 Å². The second kappa shape index (κ2) is 7.24. The van der Waals surface area contributed by atoms with E-state index in [-0.39, 0.29) is 5.91 Å². The van der Waals surface area contributed by atoms with Gasteiger partial charge in [-0.3, -0.25) is 4.79 Å². The first-order chi connectivity index (χ1) is 8.58. The fraction of sp³-hybridized carbons (Fsp3) is 0.462. The molecule has 1 rings (SSSR count). The maximum Gasteiger partial charge on any atom is 0.238 e. The maximum atomic E-state index is 11.7. The number of hydrogen-bond acceptors (Lipinski definition) is 3. The minimum atomic E-state index is -0.0940. The molecule has 0 aliphatic carbocycles. The fourth-order valence-corrected chi connectivity index (χ4v) is 1.66. The summed E-state index contributed by atoms with van der Waals surface area (Å²) in [4.78, 5) is 11.7. The molecule has 0 aliphatic rings. The van der Waals surface area contributed by atoms with E-state index in [2.05, 4.69) is 17.6 Å². The normalized spacial score (nSPS) is 10.2. The lowest BCUT2D eigenvalue weighted by Crippen LogP contribution is -2.28. The summed E-state index contributed by atoms with van der Waals surface area (Å²) in [6.07, 6.45) is 0.997. The average molecular weight is 271 g/mol. The lowest BCUT2D eigenvalue weighted by Gasteiger charge is -2.12. The highest BCUT2D eigenvalue weighted by atomic mass is 35.5. The molecule has 0 aliphatic heterocycles. The molecule has 18 heavy (non-hydrogen) atoms. The van der Waals surface area contributed by atoms with Crippen LogP contribution in [0.3, 0.4) is 0 Å². The molecule has 0 aromatic heterocycles. The molecule has 0 saturated heterocycles. The van der Waals surface area contributed by atoms with E-state index in [1.54, 1.807) is 19.2 Å². The van der Waals surface area contributed by atoms with Gasteiger partial charge in [0.25, 0.3) is 0 Å². The smallest absolute Gasteiger partial charge is 0.238 e. The molecule has 5 heteroatoms. The molecule has 0 bridgehead atoms. The van der Waals surface area contributed by atoms with Gasteiger partial charge in [-0.25, -0.2) is 0 Å². The van der Waals surface area contributed by atoms with Gasteiger partial charge in [-0.15, -0.1) is 0 Å². The Kier molecular flexibility index (Phi) is 5.95. The Hall–Kier alpha value is -1.26. The fourth-order valence-electron chi connectivity index (χ4n) is 1.50. The first-order valence-corrected chi connectivity index (χ1v) is 6.31. The van der Waals surface area contributed by atoms with E-state index in [0.717, 1.165) is 18.5 Å². The summed E-state index contributed by atoms with van der Waals surface area (Å²) in [5.74, 6) is 0.470. The van der Waals surface area contributed by atoms with Crippen molar-refractivity contribution >= 4 is 23.2 Å². The quantitative estimate of drug-likeness (QED) is 0.781. The lowest BCUT2D eigenvalue weighted by atomic mass is 10.2. The van der Waals surface area contributed by atoms with Crippen LogP contribution in [-0.4, -0.2) is 26.1 Å². The van der Waals surface area contributed by atoms with Crippen molar-refractivity contribution in [3.63, 3.8) is 0 Å². The molecule has 1 aromatic carbocycles. The summed E-state index contributed by atoms with van der Waals surface area (Å²) in [5, 5.41) is 6.46. The number of rotatable bonds is 6. The molecular weight excluding hydrogens is 252 g/mol. The summed E-state index contributed by atoms with van der Waals surface area (Å²) in [5.41, 5.74) is 1.54. The molecule has 0 fully saturated rings. The molecular formula is C13H19ClN2O2. The highest BCUT2D eigenvalue weighted by Gasteiger charge is 2.09. The summed E-state index contributed by atoms with van der Waals surface area (Å²) in [6, 6.07) is 3.50. The highest BCUT2D eigenvalue weighted by molar-refractivity contribution is 6.31. The molecule has 2 N–H and O–H groups in total. The van der Waals surface area contributed by atoms with Gasteiger partial charge in [0.1, 0.15) is 5.75 Å². The zero-order valence-corrected chi connectivity index (χ0v) is 11.7. The molecule has 0 atom stereocenters. The van der Waals surface area contributed by atoms with Crippen LogP contribution < -0.4 is 15.4 Å². The largest absolute Gasteiger partial charge is 0.495 e. The minimum Gasteiger partial charge on any atom is -0.495 e. The first kappa shape index (κ1) is 14.8. The van der Waals surface area contributed by atoms with Gasteiger partial charge in [0.15, 0.2) is 0 Å². The van der Waals surface area contributed by atoms with E-state index in [4.69, 9.17) is 16.3 Å². The van der Waals surface area contributed by atoms with Gasteiger partial charge in [-0.1, -0.05) is 18.5 Å². The third kappa shape index (κ3) is 4.20. The molecule has 1 amide bonds. The van der Waals surface area contributed by atoms with E-state index in [9.17, 15) is 4.79 Å². The Morgan fingerprint density at radius 1 is 1.44 bits per heavy atom. The van der Waals surface area contributed by atoms with Crippen molar-refractivity contribution in [2.75, 3.05) is 25.5 Å². The highest BCUT2D eigenvalue weighted by Crippen LogP contribution is 2.30. The monoisotopic (exact) mass is 270 g/mol.